The number of hydrogen-bond acceptors (Lipinski definition) is 16. The monoisotopic (exact) mass is 973 g/mol. The van der Waals surface area contributed by atoms with Crippen LogP contribution >= 0.6 is 46.2 Å². The van der Waals surface area contributed by atoms with Crippen molar-refractivity contribution in [1.29, 1.82) is 0 Å². The number of carbonyl (C=O) groups is 4. The third-order valence-corrected chi connectivity index (χ3v) is 12.4. The van der Waals surface area contributed by atoms with Crippen LogP contribution in [0, 0.1) is 0 Å². The fourth-order valence-electron chi connectivity index (χ4n) is 5.61. The summed E-state index contributed by atoms with van der Waals surface area (Å²) in [7, 11) is 3.10. The van der Waals surface area contributed by atoms with Crippen molar-refractivity contribution < 1.29 is 38.1 Å². The van der Waals surface area contributed by atoms with Crippen molar-refractivity contribution in [2.75, 3.05) is 35.5 Å². The molecule has 340 valence electrons. The number of nitrogens with zero attached hydrogens (tertiary/aromatic N) is 4. The van der Waals surface area contributed by atoms with Crippen LogP contribution in [0.5, 0.6) is 34.5 Å². The molecular formula is C46H39N9O8S4. The number of amides is 4. The fraction of sp³-hybridized carbons (Fsp3) is 0.0870. The number of thiazole rings is 2. The van der Waals surface area contributed by atoms with Gasteiger partial charge in [0.15, 0.2) is 49.9 Å². The molecule has 0 unspecified atom stereocenters. The fourth-order valence-corrected chi connectivity index (χ4v) is 9.15. The first-order valence-corrected chi connectivity index (χ1v) is 23.1. The molecule has 0 aliphatic carbocycles. The SMILES string of the molecule is COc1ccccc1Oc1ccccc1NC(=O)CC(=O)Nc1ncc(Sc2ccccn2)s1.COc1ccccc1Oc1ccccc1NC(=O)CC(=O)Nc1ncc(Sc2ncc[nH]2)s1. The van der Waals surface area contributed by atoms with E-state index in [9.17, 15) is 19.2 Å². The Labute approximate surface area is 400 Å². The van der Waals surface area contributed by atoms with Crippen molar-refractivity contribution in [2.24, 2.45) is 0 Å². The van der Waals surface area contributed by atoms with Gasteiger partial charge in [-0.1, -0.05) is 89.0 Å². The van der Waals surface area contributed by atoms with E-state index in [1.165, 1.54) is 46.2 Å². The maximum absolute atomic E-state index is 12.5. The molecule has 0 saturated heterocycles. The van der Waals surface area contributed by atoms with Crippen LogP contribution in [0.15, 0.2) is 165 Å². The Morgan fingerprint density at radius 2 is 0.955 bits per heavy atom. The van der Waals surface area contributed by atoms with Gasteiger partial charge in [0.05, 0.1) is 46.4 Å². The van der Waals surface area contributed by atoms with Gasteiger partial charge in [-0.2, -0.15) is 0 Å². The number of imidazole rings is 1. The molecule has 0 saturated carbocycles. The van der Waals surface area contributed by atoms with Gasteiger partial charge in [0.25, 0.3) is 0 Å². The predicted octanol–water partition coefficient (Wildman–Crippen LogP) is 10.2. The summed E-state index contributed by atoms with van der Waals surface area (Å²) in [5.74, 6) is 1.09. The molecule has 0 bridgehead atoms. The summed E-state index contributed by atoms with van der Waals surface area (Å²) in [4.78, 5) is 69.4. The van der Waals surface area contributed by atoms with Crippen molar-refractivity contribution in [1.82, 2.24) is 24.9 Å². The zero-order valence-electron chi connectivity index (χ0n) is 35.5. The standard InChI is InChI=1S/C24H20N4O4S2.C22H19N5O4S2/c1-31-18-10-4-5-11-19(18)32-17-9-3-2-8-16(17)27-20(29)14-21(30)28-24-26-15-23(34-24)33-22-12-6-7-13-25-22;1-30-16-8-4-5-9-17(16)31-15-7-3-2-6-14(15)26-18(28)12-19(29)27-22-25-13-20(33-22)32-21-23-10-11-24-21/h2-13,15H,14H2,1H3,(H,27,29)(H,26,28,30);2-11,13H,12H2,1H3,(H,23,24)(H,26,28)(H,25,27,29). The second kappa shape index (κ2) is 24.0. The van der Waals surface area contributed by atoms with Gasteiger partial charge in [0, 0.05) is 18.6 Å². The number of ether oxygens (including phenoxy) is 4. The van der Waals surface area contributed by atoms with Gasteiger partial charge in [-0.25, -0.2) is 19.9 Å². The minimum absolute atomic E-state index is 0.370. The van der Waals surface area contributed by atoms with E-state index in [1.54, 1.807) is 118 Å². The second-order valence-corrected chi connectivity index (χ2v) is 18.0. The summed E-state index contributed by atoms with van der Waals surface area (Å²) >= 11 is 5.45. The third kappa shape index (κ3) is 14.4. The highest BCUT2D eigenvalue weighted by Crippen LogP contribution is 2.37. The maximum atomic E-state index is 12.5. The number of pyridine rings is 1. The molecular weight excluding hydrogens is 935 g/mol. The molecule has 8 rings (SSSR count). The molecule has 21 heteroatoms. The smallest absolute Gasteiger partial charge is 0.235 e. The maximum Gasteiger partial charge on any atom is 0.235 e. The van der Waals surface area contributed by atoms with Gasteiger partial charge < -0.3 is 45.2 Å². The number of para-hydroxylation sites is 8. The van der Waals surface area contributed by atoms with Crippen molar-refractivity contribution in [3.8, 4) is 34.5 Å². The molecule has 4 heterocycles. The molecule has 0 spiro atoms. The highest BCUT2D eigenvalue weighted by Gasteiger charge is 2.18. The van der Waals surface area contributed by atoms with E-state index in [0.29, 0.717) is 56.1 Å². The lowest BCUT2D eigenvalue weighted by Crippen LogP contribution is -2.21. The van der Waals surface area contributed by atoms with Gasteiger partial charge >= 0.3 is 0 Å². The number of aromatic nitrogens is 5. The Morgan fingerprint density at radius 3 is 1.42 bits per heavy atom. The molecule has 0 atom stereocenters. The largest absolute Gasteiger partial charge is 0.493 e. The zero-order chi connectivity index (χ0) is 46.8. The minimum atomic E-state index is -0.481. The first-order chi connectivity index (χ1) is 32.7. The summed E-state index contributed by atoms with van der Waals surface area (Å²) in [6.45, 7) is 0. The normalized spacial score (nSPS) is 10.4. The van der Waals surface area contributed by atoms with Crippen LogP contribution in [-0.4, -0.2) is 62.8 Å². The van der Waals surface area contributed by atoms with Crippen LogP contribution < -0.4 is 40.2 Å². The van der Waals surface area contributed by atoms with E-state index in [-0.39, 0.29) is 12.8 Å². The lowest BCUT2D eigenvalue weighted by Gasteiger charge is -2.14. The molecule has 17 nitrogen and oxygen atoms in total. The van der Waals surface area contributed by atoms with Crippen molar-refractivity contribution in [3.63, 3.8) is 0 Å². The average Bonchev–Trinajstić information content (AvgIpc) is 4.12. The van der Waals surface area contributed by atoms with Crippen LogP contribution in [-0.2, 0) is 19.2 Å². The first-order valence-electron chi connectivity index (χ1n) is 19.9. The summed E-state index contributed by atoms with van der Waals surface area (Å²) < 4.78 is 24.2. The number of benzene rings is 4. The summed E-state index contributed by atoms with van der Waals surface area (Å²) in [5.41, 5.74) is 0.877. The van der Waals surface area contributed by atoms with Crippen molar-refractivity contribution in [2.45, 2.75) is 31.4 Å². The van der Waals surface area contributed by atoms with Crippen LogP contribution in [0.3, 0.4) is 0 Å². The van der Waals surface area contributed by atoms with Crippen molar-refractivity contribution in [3.05, 3.63) is 146 Å². The molecule has 5 N–H and O–H groups in total. The second-order valence-electron chi connectivity index (χ2n) is 13.3. The van der Waals surface area contributed by atoms with E-state index in [2.05, 4.69) is 46.2 Å². The lowest BCUT2D eigenvalue weighted by atomic mass is 10.2. The number of hydrogen-bond donors (Lipinski definition) is 5. The van der Waals surface area contributed by atoms with E-state index in [1.807, 2.05) is 42.5 Å². The first kappa shape index (κ1) is 47.2. The quantitative estimate of drug-likeness (QED) is 0.0505. The van der Waals surface area contributed by atoms with E-state index >= 15 is 0 Å². The van der Waals surface area contributed by atoms with Crippen LogP contribution in [0.2, 0.25) is 0 Å². The molecule has 4 amide bonds. The highest BCUT2D eigenvalue weighted by atomic mass is 32.2. The molecule has 67 heavy (non-hydrogen) atoms. The molecule has 0 aliphatic rings. The molecule has 0 radical (unpaired) electrons. The molecule has 4 aromatic carbocycles. The van der Waals surface area contributed by atoms with Crippen LogP contribution in [0.4, 0.5) is 21.6 Å². The van der Waals surface area contributed by atoms with Gasteiger partial charge in [0.2, 0.25) is 23.6 Å². The zero-order valence-corrected chi connectivity index (χ0v) is 38.7. The third-order valence-electron chi connectivity index (χ3n) is 8.52. The Morgan fingerprint density at radius 1 is 0.507 bits per heavy atom. The Kier molecular flexibility index (Phi) is 16.9. The Hall–Kier alpha value is -7.72. The minimum Gasteiger partial charge on any atom is -0.493 e. The Balaban J connectivity index is 0.000000199. The molecule has 8 aromatic rings. The van der Waals surface area contributed by atoms with E-state index in [4.69, 9.17) is 18.9 Å². The predicted molar refractivity (Wildman–Crippen MR) is 258 cm³/mol. The summed E-state index contributed by atoms with van der Waals surface area (Å²) in [6, 6.07) is 34.0. The van der Waals surface area contributed by atoms with Gasteiger partial charge in [-0.05, 0) is 72.4 Å². The highest BCUT2D eigenvalue weighted by molar-refractivity contribution is 8.01. The van der Waals surface area contributed by atoms with Crippen LogP contribution in [0.25, 0.3) is 0 Å². The number of anilines is 4. The Bertz CT molecular complexity index is 2920. The number of methoxy groups -OCH3 is 2. The van der Waals surface area contributed by atoms with Crippen molar-refractivity contribution >= 4 is 91.5 Å². The van der Waals surface area contributed by atoms with E-state index in [0.717, 1.165) is 18.6 Å². The summed E-state index contributed by atoms with van der Waals surface area (Å²) in [6.07, 6.45) is 7.65. The molecule has 4 aromatic heterocycles. The van der Waals surface area contributed by atoms with Gasteiger partial charge in [-0.15, -0.1) is 0 Å². The van der Waals surface area contributed by atoms with Gasteiger partial charge in [-0.3, -0.25) is 19.2 Å². The average molecular weight is 974 g/mol. The number of aromatic amines is 1. The van der Waals surface area contributed by atoms with E-state index < -0.39 is 23.6 Å². The number of rotatable bonds is 18. The number of nitrogens with one attached hydrogen (secondary N) is 5. The molecule has 0 fully saturated rings. The number of carbonyl (C=O) groups excluding carboxylic acids is 4. The van der Waals surface area contributed by atoms with Crippen LogP contribution in [0.1, 0.15) is 12.8 Å². The topological polar surface area (TPSA) is 221 Å². The van der Waals surface area contributed by atoms with Gasteiger partial charge in [0.1, 0.15) is 17.9 Å². The lowest BCUT2D eigenvalue weighted by molar-refractivity contribution is -0.125. The summed E-state index contributed by atoms with van der Waals surface area (Å²) in [5, 5.41) is 13.1. The molecule has 0 aliphatic heterocycles. The number of H-pyrrole nitrogens is 1.